The van der Waals surface area contributed by atoms with Crippen LogP contribution < -0.4 is 9.47 Å². The van der Waals surface area contributed by atoms with Crippen molar-refractivity contribution in [3.63, 3.8) is 0 Å². The lowest BCUT2D eigenvalue weighted by atomic mass is 9.94. The molecule has 1 aliphatic rings. The maximum atomic E-state index is 10.2. The van der Waals surface area contributed by atoms with Crippen LogP contribution in [0.3, 0.4) is 0 Å². The van der Waals surface area contributed by atoms with E-state index in [2.05, 4.69) is 11.9 Å². The third kappa shape index (κ3) is 4.90. The molecule has 1 saturated carbocycles. The van der Waals surface area contributed by atoms with E-state index in [1.165, 1.54) is 32.1 Å². The zero-order valence-corrected chi connectivity index (χ0v) is 13.1. The van der Waals surface area contributed by atoms with Gasteiger partial charge in [0, 0.05) is 12.6 Å². The quantitative estimate of drug-likeness (QED) is 0.839. The second-order valence-corrected chi connectivity index (χ2v) is 5.85. The summed E-state index contributed by atoms with van der Waals surface area (Å²) in [5, 5.41) is 10.2. The molecule has 0 heterocycles. The molecule has 2 rings (SSSR count). The van der Waals surface area contributed by atoms with Crippen LogP contribution in [0, 0.1) is 0 Å². The fourth-order valence-electron chi connectivity index (χ4n) is 2.98. The Morgan fingerprint density at radius 1 is 1.19 bits per heavy atom. The van der Waals surface area contributed by atoms with Gasteiger partial charge in [-0.15, -0.1) is 0 Å². The van der Waals surface area contributed by atoms with Crippen molar-refractivity contribution in [2.45, 2.75) is 44.2 Å². The second-order valence-electron chi connectivity index (χ2n) is 5.85. The minimum atomic E-state index is -0.484. The van der Waals surface area contributed by atoms with Gasteiger partial charge in [0.25, 0.3) is 0 Å². The van der Waals surface area contributed by atoms with Crippen molar-refractivity contribution >= 4 is 0 Å². The van der Waals surface area contributed by atoms with Gasteiger partial charge in [0.1, 0.15) is 12.7 Å². The molecule has 1 aromatic rings. The first-order chi connectivity index (χ1) is 10.2. The number of hydrogen-bond donors (Lipinski definition) is 1. The molecule has 0 bridgehead atoms. The molecule has 1 aliphatic carbocycles. The van der Waals surface area contributed by atoms with Crippen LogP contribution in [-0.4, -0.2) is 49.5 Å². The third-order valence-corrected chi connectivity index (χ3v) is 4.20. The van der Waals surface area contributed by atoms with Gasteiger partial charge >= 0.3 is 0 Å². The molecule has 4 nitrogen and oxygen atoms in total. The zero-order chi connectivity index (χ0) is 15.1. The van der Waals surface area contributed by atoms with Crippen LogP contribution in [0.25, 0.3) is 0 Å². The highest BCUT2D eigenvalue weighted by molar-refractivity contribution is 5.39. The molecule has 0 unspecified atom stereocenters. The zero-order valence-electron chi connectivity index (χ0n) is 13.1. The van der Waals surface area contributed by atoms with Crippen LogP contribution >= 0.6 is 0 Å². The van der Waals surface area contributed by atoms with Crippen molar-refractivity contribution in [3.8, 4) is 11.5 Å². The van der Waals surface area contributed by atoms with E-state index in [1.54, 1.807) is 7.11 Å². The van der Waals surface area contributed by atoms with E-state index in [1.807, 2.05) is 24.3 Å². The maximum absolute atomic E-state index is 10.2. The van der Waals surface area contributed by atoms with Crippen molar-refractivity contribution in [2.24, 2.45) is 0 Å². The standard InChI is InChI=1S/C17H27NO3/c1-18(14-8-4-3-5-9-14)12-15(19)13-21-17-11-7-6-10-16(17)20-2/h6-7,10-11,14-15,19H,3-5,8-9,12-13H2,1-2H3/t15-/m0/s1. The summed E-state index contributed by atoms with van der Waals surface area (Å²) in [6.45, 7) is 0.942. The minimum Gasteiger partial charge on any atom is -0.493 e. The van der Waals surface area contributed by atoms with Gasteiger partial charge in [-0.3, -0.25) is 0 Å². The molecule has 0 aromatic heterocycles. The van der Waals surface area contributed by atoms with Gasteiger partial charge in [0.05, 0.1) is 7.11 Å². The van der Waals surface area contributed by atoms with Gasteiger partial charge < -0.3 is 19.5 Å². The van der Waals surface area contributed by atoms with Crippen molar-refractivity contribution < 1.29 is 14.6 Å². The molecule has 1 fully saturated rings. The fourth-order valence-corrected chi connectivity index (χ4v) is 2.98. The Morgan fingerprint density at radius 2 is 1.86 bits per heavy atom. The molecule has 1 aromatic carbocycles. The highest BCUT2D eigenvalue weighted by atomic mass is 16.5. The molecule has 0 aliphatic heterocycles. The van der Waals surface area contributed by atoms with Crippen LogP contribution in [0.1, 0.15) is 32.1 Å². The largest absolute Gasteiger partial charge is 0.493 e. The first-order valence-electron chi connectivity index (χ1n) is 7.85. The van der Waals surface area contributed by atoms with Crippen LogP contribution in [0.4, 0.5) is 0 Å². The average Bonchev–Trinajstić information content (AvgIpc) is 2.54. The summed E-state index contributed by atoms with van der Waals surface area (Å²) < 4.78 is 10.9. The second kappa shape index (κ2) is 8.25. The molecule has 4 heteroatoms. The first kappa shape index (κ1) is 16.1. The maximum Gasteiger partial charge on any atom is 0.161 e. The van der Waals surface area contributed by atoms with Crippen molar-refractivity contribution in [1.82, 2.24) is 4.90 Å². The number of ether oxygens (including phenoxy) is 2. The van der Waals surface area contributed by atoms with Crippen LogP contribution in [-0.2, 0) is 0 Å². The van der Waals surface area contributed by atoms with E-state index in [-0.39, 0.29) is 6.61 Å². The highest BCUT2D eigenvalue weighted by Crippen LogP contribution is 2.26. The monoisotopic (exact) mass is 293 g/mol. The van der Waals surface area contributed by atoms with Crippen LogP contribution in [0.15, 0.2) is 24.3 Å². The summed E-state index contributed by atoms with van der Waals surface area (Å²) in [5.41, 5.74) is 0. The lowest BCUT2D eigenvalue weighted by molar-refractivity contribution is 0.0553. The van der Waals surface area contributed by atoms with Gasteiger partial charge in [0.15, 0.2) is 11.5 Å². The Balaban J connectivity index is 1.77. The molecule has 0 spiro atoms. The molecule has 0 radical (unpaired) electrons. The Labute approximate surface area is 127 Å². The van der Waals surface area contributed by atoms with Crippen molar-refractivity contribution in [2.75, 3.05) is 27.3 Å². The Bertz CT molecular complexity index is 418. The van der Waals surface area contributed by atoms with Crippen molar-refractivity contribution in [3.05, 3.63) is 24.3 Å². The number of rotatable bonds is 7. The highest BCUT2D eigenvalue weighted by Gasteiger charge is 2.20. The molecule has 118 valence electrons. The Kier molecular flexibility index (Phi) is 6.33. The lowest BCUT2D eigenvalue weighted by Gasteiger charge is -2.32. The van der Waals surface area contributed by atoms with Crippen LogP contribution in [0.2, 0.25) is 0 Å². The predicted octanol–water partition coefficient (Wildman–Crippen LogP) is 2.70. The number of nitrogens with zero attached hydrogens (tertiary/aromatic N) is 1. The summed E-state index contributed by atoms with van der Waals surface area (Å²) in [6.07, 6.45) is 5.98. The molecule has 0 saturated heterocycles. The molecule has 1 N–H and O–H groups in total. The van der Waals surface area contributed by atoms with Crippen molar-refractivity contribution in [1.29, 1.82) is 0 Å². The van der Waals surface area contributed by atoms with Gasteiger partial charge in [-0.2, -0.15) is 0 Å². The Morgan fingerprint density at radius 3 is 2.52 bits per heavy atom. The van der Waals surface area contributed by atoms with E-state index in [0.29, 0.717) is 24.1 Å². The number of aliphatic hydroxyl groups excluding tert-OH is 1. The fraction of sp³-hybridized carbons (Fsp3) is 0.647. The molecule has 1 atom stereocenters. The average molecular weight is 293 g/mol. The summed E-state index contributed by atoms with van der Waals surface area (Å²) in [6, 6.07) is 8.13. The number of hydrogen-bond acceptors (Lipinski definition) is 4. The molecule has 0 amide bonds. The third-order valence-electron chi connectivity index (χ3n) is 4.20. The number of para-hydroxylation sites is 2. The van der Waals surface area contributed by atoms with E-state index < -0.39 is 6.10 Å². The van der Waals surface area contributed by atoms with Gasteiger partial charge in [-0.25, -0.2) is 0 Å². The van der Waals surface area contributed by atoms with Gasteiger partial charge in [-0.05, 0) is 32.0 Å². The summed E-state index contributed by atoms with van der Waals surface area (Å²) in [4.78, 5) is 2.27. The Hall–Kier alpha value is -1.26. The van der Waals surface area contributed by atoms with Gasteiger partial charge in [0.2, 0.25) is 0 Å². The smallest absolute Gasteiger partial charge is 0.161 e. The summed E-state index contributed by atoms with van der Waals surface area (Å²) in [7, 11) is 3.72. The lowest BCUT2D eigenvalue weighted by Crippen LogP contribution is -2.40. The van der Waals surface area contributed by atoms with E-state index in [0.717, 1.165) is 0 Å². The first-order valence-corrected chi connectivity index (χ1v) is 7.85. The van der Waals surface area contributed by atoms with E-state index in [4.69, 9.17) is 9.47 Å². The number of methoxy groups -OCH3 is 1. The number of aliphatic hydroxyl groups is 1. The van der Waals surface area contributed by atoms with Crippen LogP contribution in [0.5, 0.6) is 11.5 Å². The predicted molar refractivity (Wildman–Crippen MR) is 84.0 cm³/mol. The number of benzene rings is 1. The SMILES string of the molecule is COc1ccccc1OC[C@@H](O)CN(C)C1CCCCC1. The topological polar surface area (TPSA) is 41.9 Å². The molecular formula is C17H27NO3. The van der Waals surface area contributed by atoms with E-state index in [9.17, 15) is 5.11 Å². The summed E-state index contributed by atoms with van der Waals surface area (Å²) >= 11 is 0. The molecular weight excluding hydrogens is 266 g/mol. The molecule has 21 heavy (non-hydrogen) atoms. The van der Waals surface area contributed by atoms with E-state index >= 15 is 0 Å². The van der Waals surface area contributed by atoms with Gasteiger partial charge in [-0.1, -0.05) is 31.4 Å². The number of likely N-dealkylation sites (N-methyl/N-ethyl adjacent to an activating group) is 1. The normalized spacial score (nSPS) is 17.7. The summed E-state index contributed by atoms with van der Waals surface area (Å²) in [5.74, 6) is 1.38. The minimum absolute atomic E-state index is 0.289.